The standard InChI is InChI=1S/C13H18ClF3N2/c1-3-11(18)12(13(15,16)17)19(2)8-9-5-4-6-10(14)7-9/h4-7,11-12H,3,8,18H2,1-2H3. The average molecular weight is 295 g/mol. The second-order valence-corrected chi connectivity index (χ2v) is 5.04. The third-order valence-electron chi connectivity index (χ3n) is 3.01. The maximum Gasteiger partial charge on any atom is 0.405 e. The van der Waals surface area contributed by atoms with Crippen LogP contribution in [0.25, 0.3) is 0 Å². The molecule has 1 aromatic rings. The van der Waals surface area contributed by atoms with Gasteiger partial charge in [0.15, 0.2) is 0 Å². The van der Waals surface area contributed by atoms with Crippen molar-refractivity contribution in [2.45, 2.75) is 38.1 Å². The summed E-state index contributed by atoms with van der Waals surface area (Å²) in [7, 11) is 1.43. The van der Waals surface area contributed by atoms with Crippen LogP contribution in [0.3, 0.4) is 0 Å². The minimum absolute atomic E-state index is 0.151. The number of likely N-dealkylation sites (N-methyl/N-ethyl adjacent to an activating group) is 1. The first kappa shape index (κ1) is 16.3. The Morgan fingerprint density at radius 3 is 2.47 bits per heavy atom. The molecule has 0 aromatic heterocycles. The molecule has 0 bridgehead atoms. The Labute approximate surface area is 116 Å². The zero-order valence-corrected chi connectivity index (χ0v) is 11.7. The van der Waals surface area contributed by atoms with Crippen molar-refractivity contribution in [3.8, 4) is 0 Å². The second-order valence-electron chi connectivity index (χ2n) is 4.60. The summed E-state index contributed by atoms with van der Waals surface area (Å²) in [6.45, 7) is 1.80. The predicted octanol–water partition coefficient (Wildman–Crippen LogP) is 3.44. The van der Waals surface area contributed by atoms with Crippen molar-refractivity contribution in [3.63, 3.8) is 0 Å². The van der Waals surface area contributed by atoms with Gasteiger partial charge in [0.25, 0.3) is 0 Å². The normalized spacial score (nSPS) is 15.6. The van der Waals surface area contributed by atoms with E-state index in [0.717, 1.165) is 5.56 Å². The molecule has 0 heterocycles. The van der Waals surface area contributed by atoms with Gasteiger partial charge in [0.1, 0.15) is 6.04 Å². The van der Waals surface area contributed by atoms with E-state index in [9.17, 15) is 13.2 Å². The summed E-state index contributed by atoms with van der Waals surface area (Å²) in [5.41, 5.74) is 6.33. The van der Waals surface area contributed by atoms with Crippen molar-refractivity contribution in [1.29, 1.82) is 0 Å². The third kappa shape index (κ3) is 4.67. The van der Waals surface area contributed by atoms with Crippen molar-refractivity contribution in [2.24, 2.45) is 5.73 Å². The van der Waals surface area contributed by atoms with Crippen molar-refractivity contribution in [1.82, 2.24) is 4.90 Å². The van der Waals surface area contributed by atoms with Crippen LogP contribution in [0.4, 0.5) is 13.2 Å². The summed E-state index contributed by atoms with van der Waals surface area (Å²) < 4.78 is 39.1. The van der Waals surface area contributed by atoms with Crippen molar-refractivity contribution in [2.75, 3.05) is 7.05 Å². The molecular weight excluding hydrogens is 277 g/mol. The van der Waals surface area contributed by atoms with Gasteiger partial charge in [-0.1, -0.05) is 30.7 Å². The van der Waals surface area contributed by atoms with Crippen LogP contribution < -0.4 is 5.73 Å². The number of alkyl halides is 3. The van der Waals surface area contributed by atoms with Gasteiger partial charge in [-0.15, -0.1) is 0 Å². The molecule has 19 heavy (non-hydrogen) atoms. The summed E-state index contributed by atoms with van der Waals surface area (Å²) in [5.74, 6) is 0. The molecule has 2 unspecified atom stereocenters. The lowest BCUT2D eigenvalue weighted by Gasteiger charge is -2.33. The molecule has 0 saturated heterocycles. The molecular formula is C13H18ClF3N2. The first-order chi connectivity index (χ1) is 8.75. The zero-order valence-electron chi connectivity index (χ0n) is 10.9. The Hall–Kier alpha value is -0.780. The van der Waals surface area contributed by atoms with Crippen LogP contribution in [0.15, 0.2) is 24.3 Å². The molecule has 0 saturated carbocycles. The van der Waals surface area contributed by atoms with Gasteiger partial charge in [-0.05, 0) is 31.2 Å². The number of hydrogen-bond acceptors (Lipinski definition) is 2. The smallest absolute Gasteiger partial charge is 0.326 e. The van der Waals surface area contributed by atoms with E-state index in [1.165, 1.54) is 11.9 Å². The van der Waals surface area contributed by atoms with Crippen LogP contribution in [0, 0.1) is 0 Å². The van der Waals surface area contributed by atoms with Gasteiger partial charge >= 0.3 is 6.18 Å². The maximum atomic E-state index is 13.0. The van der Waals surface area contributed by atoms with E-state index in [1.807, 2.05) is 0 Å². The molecule has 0 amide bonds. The van der Waals surface area contributed by atoms with Gasteiger partial charge in [0.05, 0.1) is 0 Å². The van der Waals surface area contributed by atoms with Crippen LogP contribution in [0.1, 0.15) is 18.9 Å². The third-order valence-corrected chi connectivity index (χ3v) is 3.24. The van der Waals surface area contributed by atoms with E-state index >= 15 is 0 Å². The predicted molar refractivity (Wildman–Crippen MR) is 71.0 cm³/mol. The van der Waals surface area contributed by atoms with Gasteiger partial charge in [-0.2, -0.15) is 13.2 Å². The van der Waals surface area contributed by atoms with Gasteiger partial charge < -0.3 is 5.73 Å². The molecule has 2 N–H and O–H groups in total. The van der Waals surface area contributed by atoms with Crippen LogP contribution in [-0.2, 0) is 6.54 Å². The number of nitrogens with two attached hydrogens (primary N) is 1. The van der Waals surface area contributed by atoms with E-state index in [0.29, 0.717) is 5.02 Å². The quantitative estimate of drug-likeness (QED) is 0.901. The lowest BCUT2D eigenvalue weighted by atomic mass is 10.0. The highest BCUT2D eigenvalue weighted by Gasteiger charge is 2.45. The highest BCUT2D eigenvalue weighted by molar-refractivity contribution is 6.30. The zero-order chi connectivity index (χ0) is 14.6. The monoisotopic (exact) mass is 294 g/mol. The van der Waals surface area contributed by atoms with Gasteiger partial charge in [-0.3, -0.25) is 4.90 Å². The fraction of sp³-hybridized carbons (Fsp3) is 0.538. The minimum atomic E-state index is -4.34. The first-order valence-corrected chi connectivity index (χ1v) is 6.40. The molecule has 2 atom stereocenters. The molecule has 0 aliphatic carbocycles. The fourth-order valence-corrected chi connectivity index (χ4v) is 2.28. The molecule has 0 aliphatic heterocycles. The van der Waals surface area contributed by atoms with Gasteiger partial charge in [0, 0.05) is 17.6 Å². The van der Waals surface area contributed by atoms with E-state index in [2.05, 4.69) is 0 Å². The summed E-state index contributed by atoms with van der Waals surface area (Å²) in [5, 5.41) is 0.509. The Bertz CT molecular complexity index is 409. The molecule has 0 aliphatic rings. The SMILES string of the molecule is CCC(N)C(N(C)Cc1cccc(Cl)c1)C(F)(F)F. The van der Waals surface area contributed by atoms with Crippen LogP contribution in [-0.4, -0.2) is 30.2 Å². The van der Waals surface area contributed by atoms with Gasteiger partial charge in [0.2, 0.25) is 0 Å². The summed E-state index contributed by atoms with van der Waals surface area (Å²) in [4.78, 5) is 1.22. The van der Waals surface area contributed by atoms with Crippen LogP contribution >= 0.6 is 11.6 Å². The topological polar surface area (TPSA) is 29.3 Å². The first-order valence-electron chi connectivity index (χ1n) is 6.02. The molecule has 108 valence electrons. The van der Waals surface area contributed by atoms with E-state index < -0.39 is 18.3 Å². The summed E-state index contributed by atoms with van der Waals surface area (Å²) in [6, 6.07) is 4.20. The Kier molecular flexibility index (Phi) is 5.64. The second kappa shape index (κ2) is 6.59. The summed E-state index contributed by atoms with van der Waals surface area (Å²) in [6.07, 6.45) is -4.08. The highest BCUT2D eigenvalue weighted by Crippen LogP contribution is 2.28. The van der Waals surface area contributed by atoms with Crippen molar-refractivity contribution < 1.29 is 13.2 Å². The van der Waals surface area contributed by atoms with Gasteiger partial charge in [-0.25, -0.2) is 0 Å². The van der Waals surface area contributed by atoms with Crippen molar-refractivity contribution >= 4 is 11.6 Å². The van der Waals surface area contributed by atoms with E-state index in [1.54, 1.807) is 31.2 Å². The summed E-state index contributed by atoms with van der Waals surface area (Å²) >= 11 is 5.82. The number of rotatable bonds is 5. The minimum Gasteiger partial charge on any atom is -0.326 e. The molecule has 6 heteroatoms. The number of benzene rings is 1. The Morgan fingerprint density at radius 2 is 2.00 bits per heavy atom. The largest absolute Gasteiger partial charge is 0.405 e. The number of nitrogens with zero attached hydrogens (tertiary/aromatic N) is 1. The molecule has 0 fully saturated rings. The Morgan fingerprint density at radius 1 is 1.37 bits per heavy atom. The van der Waals surface area contributed by atoms with Crippen molar-refractivity contribution in [3.05, 3.63) is 34.9 Å². The van der Waals surface area contributed by atoms with E-state index in [4.69, 9.17) is 17.3 Å². The van der Waals surface area contributed by atoms with Crippen LogP contribution in [0.2, 0.25) is 5.02 Å². The number of halogens is 4. The highest BCUT2D eigenvalue weighted by atomic mass is 35.5. The fourth-order valence-electron chi connectivity index (χ4n) is 2.06. The molecule has 1 aromatic carbocycles. The lowest BCUT2D eigenvalue weighted by Crippen LogP contribution is -2.54. The lowest BCUT2D eigenvalue weighted by molar-refractivity contribution is -0.187. The average Bonchev–Trinajstić information content (AvgIpc) is 2.26. The molecule has 1 rings (SSSR count). The van der Waals surface area contributed by atoms with E-state index in [-0.39, 0.29) is 13.0 Å². The Balaban J connectivity index is 2.86. The molecule has 2 nitrogen and oxygen atoms in total. The molecule has 0 radical (unpaired) electrons. The van der Waals surface area contributed by atoms with Crippen LogP contribution in [0.5, 0.6) is 0 Å². The molecule has 0 spiro atoms. The maximum absolute atomic E-state index is 13.0. The number of hydrogen-bond donors (Lipinski definition) is 1.